The second kappa shape index (κ2) is 2.96. The second-order valence-corrected chi connectivity index (χ2v) is 4.23. The minimum Gasteiger partial charge on any atom is -0.347 e. The summed E-state index contributed by atoms with van der Waals surface area (Å²) in [7, 11) is 2.12. The van der Waals surface area contributed by atoms with Crippen LogP contribution in [0.15, 0.2) is 24.3 Å². The van der Waals surface area contributed by atoms with Gasteiger partial charge in [0.05, 0.1) is 10.9 Å². The average Bonchev–Trinajstić information content (AvgIpc) is 2.75. The normalized spacial score (nSPS) is 14.5. The molecular weight excluding hydrogens is 184 g/mol. The smallest absolute Gasteiger partial charge is 0.0682 e. The van der Waals surface area contributed by atoms with E-state index in [-0.39, 0.29) is 0 Å². The van der Waals surface area contributed by atoms with Gasteiger partial charge < -0.3 is 4.57 Å². The van der Waals surface area contributed by atoms with Crippen LogP contribution < -0.4 is 5.36 Å². The predicted molar refractivity (Wildman–Crippen MR) is 60.8 cm³/mol. The zero-order chi connectivity index (χ0) is 10.4. The number of pyridine rings is 1. The molecule has 76 valence electrons. The molecule has 0 spiro atoms. The molecule has 1 aromatic carbocycles. The van der Waals surface area contributed by atoms with Crippen LogP contribution in [0.2, 0.25) is 0 Å². The Morgan fingerprint density at radius 3 is 2.87 bits per heavy atom. The van der Waals surface area contributed by atoms with Crippen LogP contribution in [-0.2, 0) is 19.9 Å². The van der Waals surface area contributed by atoms with Gasteiger partial charge in [0.1, 0.15) is 0 Å². The van der Waals surface area contributed by atoms with Crippen LogP contribution in [0, 0.1) is 5.41 Å². The number of nitrogens with one attached hydrogen (secondary N) is 1. The van der Waals surface area contributed by atoms with E-state index in [0.29, 0.717) is 0 Å². The van der Waals surface area contributed by atoms with Crippen molar-refractivity contribution in [3.63, 3.8) is 0 Å². The van der Waals surface area contributed by atoms with Crippen LogP contribution >= 0.6 is 0 Å². The van der Waals surface area contributed by atoms with Crippen LogP contribution in [0.4, 0.5) is 0 Å². The highest BCUT2D eigenvalue weighted by molar-refractivity contribution is 5.79. The molecule has 0 saturated carbocycles. The highest BCUT2D eigenvalue weighted by Crippen LogP contribution is 2.22. The average molecular weight is 198 g/mol. The van der Waals surface area contributed by atoms with Crippen LogP contribution in [-0.4, -0.2) is 4.57 Å². The Balaban J connectivity index is 2.57. The zero-order valence-corrected chi connectivity index (χ0v) is 8.88. The van der Waals surface area contributed by atoms with Crippen molar-refractivity contribution < 1.29 is 0 Å². The van der Waals surface area contributed by atoms with Gasteiger partial charge in [0.15, 0.2) is 0 Å². The van der Waals surface area contributed by atoms with Crippen LogP contribution in [0.25, 0.3) is 10.9 Å². The molecule has 0 bridgehead atoms. The molecule has 0 fully saturated rings. The van der Waals surface area contributed by atoms with Crippen LogP contribution in [0.3, 0.4) is 0 Å². The first-order chi connectivity index (χ1) is 7.29. The largest absolute Gasteiger partial charge is 0.347 e. The van der Waals surface area contributed by atoms with E-state index in [4.69, 9.17) is 5.41 Å². The summed E-state index contributed by atoms with van der Waals surface area (Å²) in [5, 5.41) is 10.0. The minimum absolute atomic E-state index is 0.746. The first-order valence-corrected chi connectivity index (χ1v) is 5.43. The van der Waals surface area contributed by atoms with E-state index in [0.717, 1.165) is 23.6 Å². The number of aryl methyl sites for hydroxylation is 1. The van der Waals surface area contributed by atoms with E-state index in [2.05, 4.69) is 23.7 Å². The van der Waals surface area contributed by atoms with Gasteiger partial charge in [-0.15, -0.1) is 0 Å². The summed E-state index contributed by atoms with van der Waals surface area (Å²) < 4.78 is 2.26. The maximum absolute atomic E-state index is 8.20. The fourth-order valence-electron chi connectivity index (χ4n) is 2.65. The van der Waals surface area contributed by atoms with E-state index in [9.17, 15) is 0 Å². The van der Waals surface area contributed by atoms with Gasteiger partial charge in [0.25, 0.3) is 0 Å². The quantitative estimate of drug-likeness (QED) is 0.672. The van der Waals surface area contributed by atoms with E-state index in [1.807, 2.05) is 12.1 Å². The molecule has 0 amide bonds. The van der Waals surface area contributed by atoms with Crippen molar-refractivity contribution in [1.29, 1.82) is 5.41 Å². The van der Waals surface area contributed by atoms with Crippen LogP contribution in [0.1, 0.15) is 17.7 Å². The molecule has 1 aromatic heterocycles. The molecule has 3 rings (SSSR count). The highest BCUT2D eigenvalue weighted by Gasteiger charge is 2.17. The molecule has 0 saturated heterocycles. The Morgan fingerprint density at radius 2 is 2.00 bits per heavy atom. The molecule has 0 radical (unpaired) electrons. The van der Waals surface area contributed by atoms with Gasteiger partial charge in [-0.05, 0) is 30.9 Å². The maximum atomic E-state index is 8.20. The van der Waals surface area contributed by atoms with E-state index < -0.39 is 0 Å². The van der Waals surface area contributed by atoms with Gasteiger partial charge in [0.2, 0.25) is 0 Å². The van der Waals surface area contributed by atoms with Gasteiger partial charge >= 0.3 is 0 Å². The van der Waals surface area contributed by atoms with Crippen molar-refractivity contribution in [2.45, 2.75) is 19.3 Å². The molecule has 0 atom stereocenters. The van der Waals surface area contributed by atoms with Crippen molar-refractivity contribution in [2.24, 2.45) is 7.05 Å². The first kappa shape index (κ1) is 8.72. The van der Waals surface area contributed by atoms with Gasteiger partial charge in [-0.3, -0.25) is 5.41 Å². The Labute approximate surface area is 88.7 Å². The number of nitrogens with zero attached hydrogens (tertiary/aromatic N) is 1. The van der Waals surface area contributed by atoms with Gasteiger partial charge in [-0.25, -0.2) is 0 Å². The predicted octanol–water partition coefficient (Wildman–Crippen LogP) is 2.15. The Kier molecular flexibility index (Phi) is 1.72. The van der Waals surface area contributed by atoms with E-state index in [1.54, 1.807) is 0 Å². The number of aromatic nitrogens is 1. The van der Waals surface area contributed by atoms with Crippen LogP contribution in [0.5, 0.6) is 0 Å². The standard InChI is InChI=1S/C13H14N2/c1-15-11-7-3-2-5-9(11)13(14)10-6-4-8-12(10)15/h2-3,5,7,14H,4,6,8H2,1H3. The van der Waals surface area contributed by atoms with Crippen molar-refractivity contribution in [3.8, 4) is 0 Å². The van der Waals surface area contributed by atoms with Gasteiger partial charge in [-0.2, -0.15) is 0 Å². The van der Waals surface area contributed by atoms with Crippen molar-refractivity contribution in [2.75, 3.05) is 0 Å². The number of hydrogen-bond donors (Lipinski definition) is 1. The second-order valence-electron chi connectivity index (χ2n) is 4.23. The summed E-state index contributed by atoms with van der Waals surface area (Å²) in [6, 6.07) is 8.22. The van der Waals surface area contributed by atoms with E-state index in [1.165, 1.54) is 23.2 Å². The lowest BCUT2D eigenvalue weighted by Crippen LogP contribution is -2.15. The van der Waals surface area contributed by atoms with E-state index >= 15 is 0 Å². The summed E-state index contributed by atoms with van der Waals surface area (Å²) in [6.45, 7) is 0. The number of fused-ring (bicyclic) bond motifs is 2. The molecular formula is C13H14N2. The Hall–Kier alpha value is -1.57. The summed E-state index contributed by atoms with van der Waals surface area (Å²) in [4.78, 5) is 0. The first-order valence-electron chi connectivity index (χ1n) is 5.43. The lowest BCUT2D eigenvalue weighted by Gasteiger charge is -2.12. The molecule has 15 heavy (non-hydrogen) atoms. The fourth-order valence-corrected chi connectivity index (χ4v) is 2.65. The molecule has 2 nitrogen and oxygen atoms in total. The summed E-state index contributed by atoms with van der Waals surface area (Å²) in [6.07, 6.45) is 3.40. The molecule has 1 aliphatic carbocycles. The monoisotopic (exact) mass is 198 g/mol. The topological polar surface area (TPSA) is 28.8 Å². The SMILES string of the molecule is Cn1c2c(c(=N)c3ccccc31)CCC2. The number of benzene rings is 1. The third-order valence-corrected chi connectivity index (χ3v) is 3.43. The summed E-state index contributed by atoms with van der Waals surface area (Å²) >= 11 is 0. The third kappa shape index (κ3) is 1.08. The molecule has 1 N–H and O–H groups in total. The lowest BCUT2D eigenvalue weighted by molar-refractivity contribution is 0.830. The molecule has 1 aliphatic rings. The minimum atomic E-state index is 0.746. The summed E-state index contributed by atoms with van der Waals surface area (Å²) in [5.74, 6) is 0. The third-order valence-electron chi connectivity index (χ3n) is 3.43. The molecule has 0 aliphatic heterocycles. The molecule has 0 unspecified atom stereocenters. The highest BCUT2D eigenvalue weighted by atomic mass is 14.9. The summed E-state index contributed by atoms with van der Waals surface area (Å²) in [5.41, 5.74) is 3.80. The van der Waals surface area contributed by atoms with Gasteiger partial charge in [-0.1, -0.05) is 18.2 Å². The molecule has 2 aromatic rings. The molecule has 2 heteroatoms. The van der Waals surface area contributed by atoms with Crippen molar-refractivity contribution in [3.05, 3.63) is 40.9 Å². The zero-order valence-electron chi connectivity index (χ0n) is 8.88. The molecule has 1 heterocycles. The maximum Gasteiger partial charge on any atom is 0.0682 e. The van der Waals surface area contributed by atoms with Crippen molar-refractivity contribution >= 4 is 10.9 Å². The van der Waals surface area contributed by atoms with Crippen molar-refractivity contribution in [1.82, 2.24) is 4.57 Å². The fraction of sp³-hybridized carbons (Fsp3) is 0.308. The lowest BCUT2D eigenvalue weighted by atomic mass is 10.1. The number of para-hydroxylation sites is 1. The van der Waals surface area contributed by atoms with Gasteiger partial charge in [0, 0.05) is 18.1 Å². The number of hydrogen-bond acceptors (Lipinski definition) is 1. The Morgan fingerprint density at radius 1 is 1.20 bits per heavy atom. The Bertz CT molecular complexity index is 593. The number of rotatable bonds is 0.